The molecule has 29 heavy (non-hydrogen) atoms. The van der Waals surface area contributed by atoms with Crippen molar-refractivity contribution in [3.63, 3.8) is 0 Å². The number of fused-ring (bicyclic) bond motifs is 1. The first-order chi connectivity index (χ1) is 14.0. The van der Waals surface area contributed by atoms with E-state index in [-0.39, 0.29) is 12.2 Å². The smallest absolute Gasteiger partial charge is 0.331 e. The lowest BCUT2D eigenvalue weighted by atomic mass is 10.2. The summed E-state index contributed by atoms with van der Waals surface area (Å²) in [6, 6.07) is 7.17. The SMILES string of the molecule is Cc1cc(/C=C/C(=O)OCc2cc(=O)n3ccsc3n2)c(C)n1Cc1ccco1. The summed E-state index contributed by atoms with van der Waals surface area (Å²) < 4.78 is 14.2. The Kier molecular flexibility index (Phi) is 5.18. The largest absolute Gasteiger partial charge is 0.467 e. The predicted octanol–water partition coefficient (Wildman–Crippen LogP) is 3.57. The van der Waals surface area contributed by atoms with Crippen molar-refractivity contribution in [1.82, 2.24) is 14.0 Å². The van der Waals surface area contributed by atoms with Crippen LogP contribution in [0, 0.1) is 13.8 Å². The van der Waals surface area contributed by atoms with E-state index in [0.29, 0.717) is 17.2 Å². The summed E-state index contributed by atoms with van der Waals surface area (Å²) in [7, 11) is 0. The van der Waals surface area contributed by atoms with Crippen LogP contribution in [0.15, 0.2) is 57.4 Å². The lowest BCUT2D eigenvalue weighted by molar-refractivity contribution is -0.139. The monoisotopic (exact) mass is 409 g/mol. The van der Waals surface area contributed by atoms with Crippen molar-refractivity contribution in [2.24, 2.45) is 0 Å². The van der Waals surface area contributed by atoms with Crippen LogP contribution >= 0.6 is 11.3 Å². The van der Waals surface area contributed by atoms with Crippen molar-refractivity contribution in [3.8, 4) is 0 Å². The van der Waals surface area contributed by atoms with E-state index in [1.807, 2.05) is 32.0 Å². The van der Waals surface area contributed by atoms with Gasteiger partial charge in [-0.1, -0.05) is 0 Å². The third-order valence-corrected chi connectivity index (χ3v) is 5.38. The summed E-state index contributed by atoms with van der Waals surface area (Å²) in [6.45, 7) is 4.59. The Labute approximate surface area is 170 Å². The molecule has 0 unspecified atom stereocenters. The molecular formula is C21H19N3O4S. The number of esters is 1. The molecule has 0 saturated carbocycles. The molecule has 0 aliphatic heterocycles. The van der Waals surface area contributed by atoms with Gasteiger partial charge in [-0.15, -0.1) is 11.3 Å². The van der Waals surface area contributed by atoms with Crippen LogP contribution in [0.3, 0.4) is 0 Å². The zero-order valence-electron chi connectivity index (χ0n) is 16.0. The summed E-state index contributed by atoms with van der Waals surface area (Å²) in [6.07, 6.45) is 6.43. The van der Waals surface area contributed by atoms with Gasteiger partial charge in [-0.25, -0.2) is 9.78 Å². The van der Waals surface area contributed by atoms with E-state index < -0.39 is 5.97 Å². The number of aryl methyl sites for hydroxylation is 1. The van der Waals surface area contributed by atoms with E-state index in [0.717, 1.165) is 22.7 Å². The molecular weight excluding hydrogens is 390 g/mol. The third-order valence-electron chi connectivity index (χ3n) is 4.62. The van der Waals surface area contributed by atoms with E-state index in [4.69, 9.17) is 9.15 Å². The van der Waals surface area contributed by atoms with Crippen molar-refractivity contribution in [3.05, 3.63) is 86.9 Å². The van der Waals surface area contributed by atoms with Crippen molar-refractivity contribution in [1.29, 1.82) is 0 Å². The fraction of sp³-hybridized carbons (Fsp3) is 0.190. The number of nitrogens with zero attached hydrogens (tertiary/aromatic N) is 3. The zero-order valence-corrected chi connectivity index (χ0v) is 16.8. The highest BCUT2D eigenvalue weighted by Gasteiger charge is 2.10. The Morgan fingerprint density at radius 1 is 1.34 bits per heavy atom. The molecule has 0 amide bonds. The van der Waals surface area contributed by atoms with Crippen molar-refractivity contribution in [2.45, 2.75) is 27.0 Å². The average Bonchev–Trinajstić information content (AvgIpc) is 3.43. The highest BCUT2D eigenvalue weighted by molar-refractivity contribution is 7.15. The Morgan fingerprint density at radius 3 is 3.00 bits per heavy atom. The topological polar surface area (TPSA) is 78.7 Å². The number of carbonyl (C=O) groups is 1. The molecule has 0 aliphatic carbocycles. The number of aromatic nitrogens is 3. The zero-order chi connectivity index (χ0) is 20.4. The minimum atomic E-state index is -0.492. The Balaban J connectivity index is 1.42. The van der Waals surface area contributed by atoms with Crippen molar-refractivity contribution >= 4 is 28.3 Å². The van der Waals surface area contributed by atoms with Gasteiger partial charge in [0.2, 0.25) is 0 Å². The molecule has 148 valence electrons. The van der Waals surface area contributed by atoms with Crippen LogP contribution in [0.2, 0.25) is 0 Å². The van der Waals surface area contributed by atoms with Gasteiger partial charge >= 0.3 is 5.97 Å². The molecule has 4 aromatic heterocycles. The fourth-order valence-corrected chi connectivity index (χ4v) is 3.85. The highest BCUT2D eigenvalue weighted by atomic mass is 32.1. The summed E-state index contributed by atoms with van der Waals surface area (Å²) in [5, 5.41) is 1.78. The molecule has 0 N–H and O–H groups in total. The second-order valence-electron chi connectivity index (χ2n) is 6.57. The van der Waals surface area contributed by atoms with Crippen LogP contribution in [0.5, 0.6) is 0 Å². The van der Waals surface area contributed by atoms with Gasteiger partial charge in [0.1, 0.15) is 12.4 Å². The van der Waals surface area contributed by atoms with E-state index in [1.54, 1.807) is 23.9 Å². The van der Waals surface area contributed by atoms with Crippen LogP contribution in [0.25, 0.3) is 11.0 Å². The second kappa shape index (κ2) is 7.92. The van der Waals surface area contributed by atoms with Crippen LogP contribution in [-0.2, 0) is 22.7 Å². The number of hydrogen-bond acceptors (Lipinski definition) is 6. The van der Waals surface area contributed by atoms with Crippen molar-refractivity contribution < 1.29 is 13.9 Å². The second-order valence-corrected chi connectivity index (χ2v) is 7.45. The quantitative estimate of drug-likeness (QED) is 0.359. The highest BCUT2D eigenvalue weighted by Crippen LogP contribution is 2.19. The number of carbonyl (C=O) groups excluding carboxylic acids is 1. The molecule has 0 atom stereocenters. The van der Waals surface area contributed by atoms with Crippen LogP contribution in [-0.4, -0.2) is 19.9 Å². The van der Waals surface area contributed by atoms with Crippen molar-refractivity contribution in [2.75, 3.05) is 0 Å². The van der Waals surface area contributed by atoms with Gasteiger partial charge in [0.15, 0.2) is 4.96 Å². The van der Waals surface area contributed by atoms with Gasteiger partial charge in [-0.2, -0.15) is 0 Å². The van der Waals surface area contributed by atoms with E-state index >= 15 is 0 Å². The summed E-state index contributed by atoms with van der Waals surface area (Å²) in [4.78, 5) is 29.0. The molecule has 0 aliphatic rings. The van der Waals surface area contributed by atoms with Crippen LogP contribution in [0.4, 0.5) is 0 Å². The maximum absolute atomic E-state index is 12.1. The number of ether oxygens (including phenoxy) is 1. The van der Waals surface area contributed by atoms with Gasteiger partial charge < -0.3 is 13.7 Å². The minimum absolute atomic E-state index is 0.0513. The number of rotatable bonds is 6. The summed E-state index contributed by atoms with van der Waals surface area (Å²) >= 11 is 1.35. The van der Waals surface area contributed by atoms with Gasteiger partial charge in [0.05, 0.1) is 18.5 Å². The van der Waals surface area contributed by atoms with E-state index in [2.05, 4.69) is 9.55 Å². The van der Waals surface area contributed by atoms with Gasteiger partial charge in [-0.05, 0) is 43.7 Å². The number of thiazole rings is 1. The molecule has 7 nitrogen and oxygen atoms in total. The summed E-state index contributed by atoms with van der Waals surface area (Å²) in [5.41, 5.74) is 3.27. The maximum atomic E-state index is 12.1. The predicted molar refractivity (Wildman–Crippen MR) is 110 cm³/mol. The Morgan fingerprint density at radius 2 is 2.21 bits per heavy atom. The first-order valence-corrected chi connectivity index (χ1v) is 9.89. The molecule has 0 saturated heterocycles. The average molecular weight is 409 g/mol. The molecule has 8 heteroatoms. The molecule has 4 aromatic rings. The number of hydrogen-bond donors (Lipinski definition) is 0. The number of furan rings is 1. The normalized spacial score (nSPS) is 11.5. The standard InChI is InChI=1S/C21H19N3O4S/c1-14-10-16(15(2)24(14)12-18-4-3-8-27-18)5-6-20(26)28-13-17-11-19(25)23-7-9-29-21(23)22-17/h3-11H,12-13H2,1-2H3/b6-5+. The molecule has 0 spiro atoms. The van der Waals surface area contributed by atoms with Crippen LogP contribution in [0.1, 0.15) is 28.4 Å². The van der Waals surface area contributed by atoms with E-state index in [9.17, 15) is 9.59 Å². The molecule has 0 radical (unpaired) electrons. The lowest BCUT2D eigenvalue weighted by Crippen LogP contribution is -2.14. The third kappa shape index (κ3) is 4.07. The van der Waals surface area contributed by atoms with Gasteiger partial charge in [-0.3, -0.25) is 9.20 Å². The Bertz CT molecular complexity index is 1240. The molecule has 4 heterocycles. The first-order valence-electron chi connectivity index (χ1n) is 9.01. The van der Waals surface area contributed by atoms with Gasteiger partial charge in [0, 0.05) is 35.1 Å². The van der Waals surface area contributed by atoms with Crippen LogP contribution < -0.4 is 5.56 Å². The molecule has 0 bridgehead atoms. The molecule has 4 rings (SSSR count). The Hall–Kier alpha value is -3.39. The first kappa shape index (κ1) is 18.9. The molecule has 0 fully saturated rings. The van der Waals surface area contributed by atoms with E-state index in [1.165, 1.54) is 27.9 Å². The summed E-state index contributed by atoms with van der Waals surface area (Å²) in [5.74, 6) is 0.377. The maximum Gasteiger partial charge on any atom is 0.331 e. The lowest BCUT2D eigenvalue weighted by Gasteiger charge is -2.07. The van der Waals surface area contributed by atoms with Gasteiger partial charge in [0.25, 0.3) is 5.56 Å². The fourth-order valence-electron chi connectivity index (χ4n) is 3.11. The minimum Gasteiger partial charge on any atom is -0.467 e. The molecule has 0 aromatic carbocycles.